The first-order chi connectivity index (χ1) is 16.9. The number of hydrogen-bond donors (Lipinski definition) is 4. The van der Waals surface area contributed by atoms with Gasteiger partial charge in [0.25, 0.3) is 0 Å². The first kappa shape index (κ1) is 28.6. The quantitative estimate of drug-likeness (QED) is 0.373. The highest BCUT2D eigenvalue weighted by atomic mass is 16.6. The van der Waals surface area contributed by atoms with Crippen LogP contribution in [-0.2, 0) is 27.2 Å². The lowest BCUT2D eigenvalue weighted by molar-refractivity contribution is -0.129. The average Bonchev–Trinajstić information content (AvgIpc) is 2.77. The van der Waals surface area contributed by atoms with Gasteiger partial charge in [0.2, 0.25) is 11.8 Å². The Morgan fingerprint density at radius 2 is 1.75 bits per heavy atom. The van der Waals surface area contributed by atoms with E-state index in [1.165, 1.54) is 0 Å². The van der Waals surface area contributed by atoms with E-state index in [9.17, 15) is 19.5 Å². The molecule has 2 atom stereocenters. The third-order valence-electron chi connectivity index (χ3n) is 5.51. The second kappa shape index (κ2) is 12.9. The van der Waals surface area contributed by atoms with Gasteiger partial charge in [-0.1, -0.05) is 6.07 Å². The summed E-state index contributed by atoms with van der Waals surface area (Å²) in [4.78, 5) is 42.2. The molecule has 0 radical (unpaired) electrons. The number of ether oxygens (including phenoxy) is 1. The van der Waals surface area contributed by atoms with Crippen LogP contribution < -0.4 is 16.0 Å². The Labute approximate surface area is 213 Å². The van der Waals surface area contributed by atoms with Gasteiger partial charge in [-0.25, -0.2) is 4.79 Å². The van der Waals surface area contributed by atoms with E-state index in [4.69, 9.17) is 4.74 Å². The van der Waals surface area contributed by atoms with Crippen molar-refractivity contribution in [2.45, 2.75) is 78.5 Å². The number of rotatable bonds is 10. The Bertz CT molecular complexity index is 1030. The normalized spacial score (nSPS) is 12.8. The molecule has 0 aliphatic carbocycles. The summed E-state index contributed by atoms with van der Waals surface area (Å²) in [6.45, 7) is 10.9. The second-order valence-corrected chi connectivity index (χ2v) is 9.95. The number of alkyl carbamates (subject to hydrolysis) is 1. The largest absolute Gasteiger partial charge is 0.508 e. The molecule has 2 aromatic rings. The van der Waals surface area contributed by atoms with Crippen LogP contribution in [0.3, 0.4) is 0 Å². The molecule has 1 heterocycles. The summed E-state index contributed by atoms with van der Waals surface area (Å²) in [5.74, 6) is -0.697. The number of aromatic hydroxyl groups is 1. The molecule has 0 spiro atoms. The zero-order valence-corrected chi connectivity index (χ0v) is 22.0. The van der Waals surface area contributed by atoms with Gasteiger partial charge in [0.15, 0.2) is 0 Å². The first-order valence-corrected chi connectivity index (χ1v) is 12.1. The number of benzene rings is 1. The summed E-state index contributed by atoms with van der Waals surface area (Å²) in [6, 6.07) is 5.27. The van der Waals surface area contributed by atoms with Crippen molar-refractivity contribution in [2.24, 2.45) is 0 Å². The molecule has 3 amide bonds. The van der Waals surface area contributed by atoms with E-state index < -0.39 is 29.7 Å². The predicted molar refractivity (Wildman–Crippen MR) is 138 cm³/mol. The summed E-state index contributed by atoms with van der Waals surface area (Å²) in [6.07, 6.45) is 4.46. The number of nitrogens with one attached hydrogen (secondary N) is 3. The van der Waals surface area contributed by atoms with Gasteiger partial charge in [-0.3, -0.25) is 14.6 Å². The Kier molecular flexibility index (Phi) is 10.3. The van der Waals surface area contributed by atoms with Gasteiger partial charge in [0.05, 0.1) is 0 Å². The standard InChI is InChI=1S/C27H38N4O5/c1-17-13-21(32)14-18(2)22(17)15-23(31-26(35)36-27(4,5)6)25(34)30-19(3)24(33)29-12-8-10-20-9-7-11-28-16-20/h7,9,11,13-14,16,19,23,32H,8,10,12,15H2,1-6H3,(H,29,33)(H,30,34)(H,31,35)/t19-,23+/m1/s1. The van der Waals surface area contributed by atoms with Crippen molar-refractivity contribution in [1.29, 1.82) is 0 Å². The number of aryl methyl sites for hydroxylation is 3. The number of carbonyl (C=O) groups is 3. The Morgan fingerprint density at radius 1 is 1.08 bits per heavy atom. The summed E-state index contributed by atoms with van der Waals surface area (Å²) in [5.41, 5.74) is 2.74. The molecule has 0 unspecified atom stereocenters. The van der Waals surface area contributed by atoms with Crippen LogP contribution in [0.25, 0.3) is 0 Å². The minimum Gasteiger partial charge on any atom is -0.508 e. The van der Waals surface area contributed by atoms with Crippen LogP contribution in [0.15, 0.2) is 36.7 Å². The molecule has 0 fully saturated rings. The Balaban J connectivity index is 2.02. The highest BCUT2D eigenvalue weighted by Crippen LogP contribution is 2.22. The molecule has 36 heavy (non-hydrogen) atoms. The molecule has 1 aromatic heterocycles. The van der Waals surface area contributed by atoms with Gasteiger partial charge in [0.1, 0.15) is 23.4 Å². The van der Waals surface area contributed by atoms with Crippen molar-refractivity contribution >= 4 is 17.9 Å². The first-order valence-electron chi connectivity index (χ1n) is 12.1. The second-order valence-electron chi connectivity index (χ2n) is 9.95. The number of hydrogen-bond acceptors (Lipinski definition) is 6. The van der Waals surface area contributed by atoms with E-state index in [1.807, 2.05) is 26.0 Å². The molecule has 9 nitrogen and oxygen atoms in total. The highest BCUT2D eigenvalue weighted by molar-refractivity contribution is 5.91. The highest BCUT2D eigenvalue weighted by Gasteiger charge is 2.28. The molecule has 2 rings (SSSR count). The average molecular weight is 499 g/mol. The number of phenols is 1. The summed E-state index contributed by atoms with van der Waals surface area (Å²) in [7, 11) is 0. The molecular formula is C27H38N4O5. The Hall–Kier alpha value is -3.62. The smallest absolute Gasteiger partial charge is 0.408 e. The van der Waals surface area contributed by atoms with Gasteiger partial charge in [0, 0.05) is 25.4 Å². The number of phenolic OH excluding ortho intramolecular Hbond substituents is 1. The summed E-state index contributed by atoms with van der Waals surface area (Å²) >= 11 is 0. The van der Waals surface area contributed by atoms with Crippen LogP contribution in [0.4, 0.5) is 4.79 Å². The maximum atomic E-state index is 13.2. The maximum absolute atomic E-state index is 13.2. The molecule has 9 heteroatoms. The third-order valence-corrected chi connectivity index (χ3v) is 5.51. The van der Waals surface area contributed by atoms with E-state index in [0.717, 1.165) is 35.1 Å². The third kappa shape index (κ3) is 9.56. The number of aromatic nitrogens is 1. The van der Waals surface area contributed by atoms with Crippen molar-refractivity contribution in [3.63, 3.8) is 0 Å². The van der Waals surface area contributed by atoms with E-state index in [0.29, 0.717) is 6.54 Å². The Morgan fingerprint density at radius 3 is 2.33 bits per heavy atom. The molecule has 1 aromatic carbocycles. The van der Waals surface area contributed by atoms with E-state index in [-0.39, 0.29) is 18.1 Å². The topological polar surface area (TPSA) is 130 Å². The molecule has 0 aliphatic rings. The van der Waals surface area contributed by atoms with Crippen LogP contribution in [-0.4, -0.2) is 52.2 Å². The van der Waals surface area contributed by atoms with Gasteiger partial charge in [-0.2, -0.15) is 0 Å². The SMILES string of the molecule is Cc1cc(O)cc(C)c1C[C@H](NC(=O)OC(C)(C)C)C(=O)N[C@H](C)C(=O)NCCCc1cccnc1. The van der Waals surface area contributed by atoms with Crippen molar-refractivity contribution < 1.29 is 24.2 Å². The maximum Gasteiger partial charge on any atom is 0.408 e. The minimum atomic E-state index is -0.984. The molecular weight excluding hydrogens is 460 g/mol. The van der Waals surface area contributed by atoms with Crippen LogP contribution >= 0.6 is 0 Å². The number of nitrogens with zero attached hydrogens (tertiary/aromatic N) is 1. The molecule has 196 valence electrons. The fourth-order valence-corrected chi connectivity index (χ4v) is 3.74. The van der Waals surface area contributed by atoms with Gasteiger partial charge in [-0.05, 0) is 94.8 Å². The summed E-state index contributed by atoms with van der Waals surface area (Å²) in [5, 5.41) is 18.0. The van der Waals surface area contributed by atoms with Crippen LogP contribution in [0.2, 0.25) is 0 Å². The molecule has 0 saturated heterocycles. The van der Waals surface area contributed by atoms with E-state index in [1.54, 1.807) is 52.2 Å². The molecule has 0 saturated carbocycles. The monoisotopic (exact) mass is 498 g/mol. The lowest BCUT2D eigenvalue weighted by Crippen LogP contribution is -2.54. The fourth-order valence-electron chi connectivity index (χ4n) is 3.74. The van der Waals surface area contributed by atoms with Crippen LogP contribution in [0.5, 0.6) is 5.75 Å². The lowest BCUT2D eigenvalue weighted by atomic mass is 9.95. The predicted octanol–water partition coefficient (Wildman–Crippen LogP) is 3.09. The molecule has 4 N–H and O–H groups in total. The zero-order valence-electron chi connectivity index (χ0n) is 22.0. The van der Waals surface area contributed by atoms with Crippen molar-refractivity contribution in [3.8, 4) is 5.75 Å². The van der Waals surface area contributed by atoms with Gasteiger partial charge < -0.3 is 25.8 Å². The number of amides is 3. The van der Waals surface area contributed by atoms with E-state index >= 15 is 0 Å². The van der Waals surface area contributed by atoms with Crippen LogP contribution in [0.1, 0.15) is 56.4 Å². The zero-order chi connectivity index (χ0) is 26.9. The van der Waals surface area contributed by atoms with Gasteiger partial charge >= 0.3 is 6.09 Å². The fraction of sp³-hybridized carbons (Fsp3) is 0.481. The van der Waals surface area contributed by atoms with Gasteiger partial charge in [-0.15, -0.1) is 0 Å². The minimum absolute atomic E-state index is 0.128. The van der Waals surface area contributed by atoms with E-state index in [2.05, 4.69) is 20.9 Å². The van der Waals surface area contributed by atoms with Crippen molar-refractivity contribution in [2.75, 3.05) is 6.54 Å². The number of carbonyl (C=O) groups excluding carboxylic acids is 3. The van der Waals surface area contributed by atoms with Crippen molar-refractivity contribution in [1.82, 2.24) is 20.9 Å². The molecule has 0 aliphatic heterocycles. The lowest BCUT2D eigenvalue weighted by Gasteiger charge is -2.25. The van der Waals surface area contributed by atoms with Crippen LogP contribution in [0, 0.1) is 13.8 Å². The van der Waals surface area contributed by atoms with Crippen molar-refractivity contribution in [3.05, 3.63) is 58.9 Å². The molecule has 0 bridgehead atoms. The number of pyridine rings is 1. The summed E-state index contributed by atoms with van der Waals surface area (Å²) < 4.78 is 5.34.